The maximum Gasteiger partial charge on any atom is 0.335 e. The second-order valence-corrected chi connectivity index (χ2v) is 7.65. The van der Waals surface area contributed by atoms with E-state index in [0.29, 0.717) is 6.61 Å². The molecule has 0 aliphatic rings. The molecule has 4 nitrogen and oxygen atoms in total. The second kappa shape index (κ2) is 10.3. The van der Waals surface area contributed by atoms with Crippen LogP contribution in [-0.2, 0) is 18.4 Å². The molecule has 0 aliphatic carbocycles. The SMILES string of the molecule is C=CC(=O)OCCC[Si](C)(OCCC)OCCC. The van der Waals surface area contributed by atoms with Gasteiger partial charge in [0.05, 0.1) is 6.61 Å². The van der Waals surface area contributed by atoms with Gasteiger partial charge in [-0.1, -0.05) is 20.4 Å². The lowest BCUT2D eigenvalue weighted by Crippen LogP contribution is -2.39. The predicted octanol–water partition coefficient (Wildman–Crippen LogP) is 3.03. The van der Waals surface area contributed by atoms with Crippen LogP contribution in [-0.4, -0.2) is 34.4 Å². The van der Waals surface area contributed by atoms with Gasteiger partial charge in [0.15, 0.2) is 0 Å². The number of carbonyl (C=O) groups is 1. The largest absolute Gasteiger partial charge is 0.463 e. The fourth-order valence-corrected chi connectivity index (χ4v) is 3.88. The predicted molar refractivity (Wildman–Crippen MR) is 74.7 cm³/mol. The summed E-state index contributed by atoms with van der Waals surface area (Å²) in [7, 11) is -2.09. The molecule has 0 aromatic heterocycles. The molecule has 18 heavy (non-hydrogen) atoms. The molecule has 0 heterocycles. The van der Waals surface area contributed by atoms with Crippen molar-refractivity contribution in [1.82, 2.24) is 0 Å². The molecule has 5 heteroatoms. The van der Waals surface area contributed by atoms with Crippen molar-refractivity contribution in [3.05, 3.63) is 12.7 Å². The van der Waals surface area contributed by atoms with Crippen molar-refractivity contribution < 1.29 is 18.4 Å². The van der Waals surface area contributed by atoms with Gasteiger partial charge in [-0.3, -0.25) is 0 Å². The molecule has 0 rings (SSSR count). The Labute approximate surface area is 112 Å². The van der Waals surface area contributed by atoms with E-state index in [2.05, 4.69) is 27.0 Å². The molecule has 0 unspecified atom stereocenters. The van der Waals surface area contributed by atoms with Crippen molar-refractivity contribution in [2.75, 3.05) is 19.8 Å². The zero-order valence-corrected chi connectivity index (χ0v) is 12.9. The van der Waals surface area contributed by atoms with Crippen molar-refractivity contribution in [3.8, 4) is 0 Å². The molecule has 0 radical (unpaired) electrons. The van der Waals surface area contributed by atoms with Gasteiger partial charge in [0.25, 0.3) is 0 Å². The molecule has 0 saturated carbocycles. The van der Waals surface area contributed by atoms with Crippen LogP contribution in [0.25, 0.3) is 0 Å². The zero-order chi connectivity index (χ0) is 13.9. The summed E-state index contributed by atoms with van der Waals surface area (Å²) in [5, 5.41) is 0. The fraction of sp³-hybridized carbons (Fsp3) is 0.769. The molecular formula is C13H26O4Si. The minimum absolute atomic E-state index is 0.373. The highest BCUT2D eigenvalue weighted by Gasteiger charge is 2.30. The Bertz CT molecular complexity index is 235. The third-order valence-corrected chi connectivity index (χ3v) is 5.30. The van der Waals surface area contributed by atoms with Gasteiger partial charge >= 0.3 is 14.5 Å². The quantitative estimate of drug-likeness (QED) is 0.251. The summed E-state index contributed by atoms with van der Waals surface area (Å²) in [6, 6.07) is 0.845. The Hall–Kier alpha value is -0.653. The highest BCUT2D eigenvalue weighted by molar-refractivity contribution is 6.66. The van der Waals surface area contributed by atoms with E-state index in [1.807, 2.05) is 0 Å². The number of carbonyl (C=O) groups excluding carboxylic acids is 1. The molecule has 0 saturated heterocycles. The van der Waals surface area contributed by atoms with Crippen LogP contribution in [0.15, 0.2) is 12.7 Å². The summed E-state index contributed by atoms with van der Waals surface area (Å²) in [6.07, 6.45) is 3.93. The summed E-state index contributed by atoms with van der Waals surface area (Å²) in [6.45, 7) is 11.5. The molecule has 0 aliphatic heterocycles. The van der Waals surface area contributed by atoms with Crippen LogP contribution < -0.4 is 0 Å². The van der Waals surface area contributed by atoms with Crippen LogP contribution in [0.1, 0.15) is 33.1 Å². The Balaban J connectivity index is 3.98. The minimum Gasteiger partial charge on any atom is -0.463 e. The second-order valence-electron chi connectivity index (χ2n) is 4.31. The number of esters is 1. The summed E-state index contributed by atoms with van der Waals surface area (Å²) in [5.41, 5.74) is 0. The molecule has 0 atom stereocenters. The molecule has 106 valence electrons. The van der Waals surface area contributed by atoms with Crippen molar-refractivity contribution in [3.63, 3.8) is 0 Å². The molecule has 0 aromatic carbocycles. The van der Waals surface area contributed by atoms with Crippen molar-refractivity contribution >= 4 is 14.5 Å². The first-order chi connectivity index (χ1) is 8.58. The third kappa shape index (κ3) is 8.44. The van der Waals surface area contributed by atoms with Gasteiger partial charge in [-0.15, -0.1) is 0 Å². The van der Waals surface area contributed by atoms with Crippen molar-refractivity contribution in [2.45, 2.75) is 45.7 Å². The molecular weight excluding hydrogens is 248 g/mol. The van der Waals surface area contributed by atoms with E-state index in [1.165, 1.54) is 6.08 Å². The molecule has 0 N–H and O–H groups in total. The van der Waals surface area contributed by atoms with Crippen molar-refractivity contribution in [1.29, 1.82) is 0 Å². The van der Waals surface area contributed by atoms with Gasteiger partial charge < -0.3 is 13.6 Å². The Kier molecular flexibility index (Phi) is 9.91. The molecule has 0 bridgehead atoms. The summed E-state index contributed by atoms with van der Waals surface area (Å²) in [4.78, 5) is 10.9. The van der Waals surface area contributed by atoms with Gasteiger partial charge in [-0.05, 0) is 31.9 Å². The van der Waals surface area contributed by atoms with Crippen LogP contribution in [0.3, 0.4) is 0 Å². The molecule has 0 amide bonds. The highest BCUT2D eigenvalue weighted by atomic mass is 28.4. The van der Waals surface area contributed by atoms with Crippen LogP contribution in [0.4, 0.5) is 0 Å². The highest BCUT2D eigenvalue weighted by Crippen LogP contribution is 2.17. The van der Waals surface area contributed by atoms with Gasteiger partial charge in [0.1, 0.15) is 0 Å². The Morgan fingerprint density at radius 2 is 1.72 bits per heavy atom. The smallest absolute Gasteiger partial charge is 0.335 e. The average molecular weight is 274 g/mol. The summed E-state index contributed by atoms with van der Waals surface area (Å²) < 4.78 is 16.7. The topological polar surface area (TPSA) is 44.8 Å². The van der Waals surface area contributed by atoms with E-state index in [4.69, 9.17) is 13.6 Å². The maximum absolute atomic E-state index is 10.9. The van der Waals surface area contributed by atoms with E-state index < -0.39 is 8.56 Å². The molecule has 0 spiro atoms. The van der Waals surface area contributed by atoms with E-state index >= 15 is 0 Å². The number of hydrogen-bond acceptors (Lipinski definition) is 4. The van der Waals surface area contributed by atoms with E-state index in [1.54, 1.807) is 0 Å². The number of hydrogen-bond donors (Lipinski definition) is 0. The fourth-order valence-electron chi connectivity index (χ4n) is 1.45. The third-order valence-electron chi connectivity index (χ3n) is 2.41. The zero-order valence-electron chi connectivity index (χ0n) is 11.9. The van der Waals surface area contributed by atoms with E-state index in [-0.39, 0.29) is 5.97 Å². The summed E-state index contributed by atoms with van der Waals surface area (Å²) in [5.74, 6) is -0.373. The van der Waals surface area contributed by atoms with Crippen LogP contribution in [0.5, 0.6) is 0 Å². The van der Waals surface area contributed by atoms with Crippen molar-refractivity contribution in [2.24, 2.45) is 0 Å². The Morgan fingerprint density at radius 1 is 1.17 bits per heavy atom. The first-order valence-electron chi connectivity index (χ1n) is 6.65. The van der Waals surface area contributed by atoms with E-state index in [0.717, 1.165) is 38.5 Å². The number of ether oxygens (including phenoxy) is 1. The first-order valence-corrected chi connectivity index (χ1v) is 9.17. The monoisotopic (exact) mass is 274 g/mol. The summed E-state index contributed by atoms with van der Waals surface area (Å²) >= 11 is 0. The lowest BCUT2D eigenvalue weighted by atomic mass is 10.5. The van der Waals surface area contributed by atoms with Crippen LogP contribution in [0.2, 0.25) is 12.6 Å². The maximum atomic E-state index is 10.9. The van der Waals surface area contributed by atoms with Gasteiger partial charge in [-0.25, -0.2) is 4.79 Å². The normalized spacial score (nSPS) is 11.3. The van der Waals surface area contributed by atoms with Gasteiger partial charge in [0.2, 0.25) is 0 Å². The van der Waals surface area contributed by atoms with E-state index in [9.17, 15) is 4.79 Å². The number of rotatable bonds is 11. The lowest BCUT2D eigenvalue weighted by molar-refractivity contribution is -0.137. The van der Waals surface area contributed by atoms with Gasteiger partial charge in [-0.2, -0.15) is 0 Å². The minimum atomic E-state index is -2.09. The first kappa shape index (κ1) is 17.3. The Morgan fingerprint density at radius 3 is 2.17 bits per heavy atom. The molecule has 0 aromatic rings. The molecule has 0 fully saturated rings. The average Bonchev–Trinajstić information content (AvgIpc) is 2.39. The van der Waals surface area contributed by atoms with Crippen LogP contribution in [0, 0.1) is 0 Å². The standard InChI is InChI=1S/C13H26O4Si/c1-5-9-16-18(4,17-10-6-2)12-8-11-15-13(14)7-3/h7H,3,5-6,8-12H2,1-2,4H3. The van der Waals surface area contributed by atoms with Gasteiger partial charge in [0, 0.05) is 19.3 Å². The van der Waals surface area contributed by atoms with Crippen LogP contribution >= 0.6 is 0 Å². The lowest BCUT2D eigenvalue weighted by Gasteiger charge is -2.26.